The second-order valence-corrected chi connectivity index (χ2v) is 5.91. The Morgan fingerprint density at radius 2 is 2.00 bits per heavy atom. The highest BCUT2D eigenvalue weighted by Crippen LogP contribution is 2.28. The zero-order valence-electron chi connectivity index (χ0n) is 11.5. The predicted molar refractivity (Wildman–Crippen MR) is 76.8 cm³/mol. The number of rotatable bonds is 3. The van der Waals surface area contributed by atoms with Crippen LogP contribution in [0.1, 0.15) is 24.8 Å². The summed E-state index contributed by atoms with van der Waals surface area (Å²) in [4.78, 5) is 2.47. The van der Waals surface area contributed by atoms with Gasteiger partial charge in [0.1, 0.15) is 0 Å². The summed E-state index contributed by atoms with van der Waals surface area (Å²) in [5.41, 5.74) is 7.71. The zero-order chi connectivity index (χ0) is 13.1. The first-order chi connectivity index (χ1) is 9.33. The van der Waals surface area contributed by atoms with Crippen LogP contribution in [0.5, 0.6) is 0 Å². The molecule has 3 rings (SSSR count). The van der Waals surface area contributed by atoms with E-state index in [0.29, 0.717) is 12.0 Å². The van der Waals surface area contributed by atoms with Gasteiger partial charge in [0.15, 0.2) is 0 Å². The summed E-state index contributed by atoms with van der Waals surface area (Å²) < 4.78 is 5.92. The van der Waals surface area contributed by atoms with E-state index >= 15 is 0 Å². The first kappa shape index (κ1) is 13.1. The minimum absolute atomic E-state index is 0.270. The molecule has 19 heavy (non-hydrogen) atoms. The number of hydrogen-bond donors (Lipinski definition) is 1. The van der Waals surface area contributed by atoms with E-state index in [9.17, 15) is 0 Å². The molecule has 104 valence electrons. The average molecular weight is 260 g/mol. The van der Waals surface area contributed by atoms with Gasteiger partial charge < -0.3 is 10.5 Å². The highest BCUT2D eigenvalue weighted by molar-refractivity contribution is 5.15. The summed E-state index contributed by atoms with van der Waals surface area (Å²) in [6, 6.07) is 10.9. The standard InChI is InChI=1S/C16H24N2O/c17-15-12-18(10-13-6-2-1-3-7-13)11-14(15)16-8-4-5-9-19-16/h1-3,6-7,14-16H,4-5,8-12,17H2/t14-,15-,16+/m0/s1. The van der Waals surface area contributed by atoms with Crippen LogP contribution >= 0.6 is 0 Å². The maximum atomic E-state index is 6.33. The maximum absolute atomic E-state index is 6.33. The molecule has 2 saturated heterocycles. The van der Waals surface area contributed by atoms with E-state index in [1.165, 1.54) is 24.8 Å². The lowest BCUT2D eigenvalue weighted by Crippen LogP contribution is -2.39. The van der Waals surface area contributed by atoms with Gasteiger partial charge in [-0.05, 0) is 24.8 Å². The third kappa shape index (κ3) is 3.16. The van der Waals surface area contributed by atoms with Crippen LogP contribution < -0.4 is 5.73 Å². The van der Waals surface area contributed by atoms with Crippen molar-refractivity contribution in [3.05, 3.63) is 35.9 Å². The van der Waals surface area contributed by atoms with Crippen LogP contribution in [0, 0.1) is 5.92 Å². The Labute approximate surface area is 115 Å². The van der Waals surface area contributed by atoms with Crippen molar-refractivity contribution in [2.45, 2.75) is 38.0 Å². The van der Waals surface area contributed by atoms with E-state index in [0.717, 1.165) is 26.2 Å². The third-order valence-electron chi connectivity index (χ3n) is 4.43. The topological polar surface area (TPSA) is 38.5 Å². The molecule has 0 amide bonds. The molecule has 1 aromatic carbocycles. The number of hydrogen-bond acceptors (Lipinski definition) is 3. The molecule has 3 heteroatoms. The van der Waals surface area contributed by atoms with Crippen molar-refractivity contribution in [2.75, 3.05) is 19.7 Å². The number of nitrogens with two attached hydrogens (primary N) is 1. The molecule has 0 bridgehead atoms. The molecule has 2 aliphatic rings. The van der Waals surface area contributed by atoms with Crippen molar-refractivity contribution in [3.8, 4) is 0 Å². The molecule has 3 nitrogen and oxygen atoms in total. The molecule has 0 aromatic heterocycles. The van der Waals surface area contributed by atoms with Gasteiger partial charge in [-0.15, -0.1) is 0 Å². The molecule has 0 unspecified atom stereocenters. The summed E-state index contributed by atoms with van der Waals surface area (Å²) in [5.74, 6) is 0.518. The Bertz CT molecular complexity index is 389. The molecule has 2 heterocycles. The van der Waals surface area contributed by atoms with E-state index in [1.807, 2.05) is 0 Å². The molecule has 2 N–H and O–H groups in total. The van der Waals surface area contributed by atoms with Crippen LogP contribution in [-0.2, 0) is 11.3 Å². The highest BCUT2D eigenvalue weighted by atomic mass is 16.5. The van der Waals surface area contributed by atoms with Crippen LogP contribution in [0.4, 0.5) is 0 Å². The Morgan fingerprint density at radius 3 is 2.74 bits per heavy atom. The molecule has 0 aliphatic carbocycles. The molecule has 1 aromatic rings. The van der Waals surface area contributed by atoms with Gasteiger partial charge in [0.05, 0.1) is 6.10 Å². The second kappa shape index (κ2) is 6.04. The number of benzene rings is 1. The quantitative estimate of drug-likeness (QED) is 0.903. The van der Waals surface area contributed by atoms with Crippen molar-refractivity contribution in [1.82, 2.24) is 4.90 Å². The van der Waals surface area contributed by atoms with Crippen molar-refractivity contribution in [1.29, 1.82) is 0 Å². The first-order valence-corrected chi connectivity index (χ1v) is 7.46. The first-order valence-electron chi connectivity index (χ1n) is 7.46. The van der Waals surface area contributed by atoms with Gasteiger partial charge in [0.25, 0.3) is 0 Å². The summed E-state index contributed by atoms with van der Waals surface area (Å²) in [7, 11) is 0. The van der Waals surface area contributed by atoms with Gasteiger partial charge in [-0.25, -0.2) is 0 Å². The minimum Gasteiger partial charge on any atom is -0.378 e. The molecular formula is C16H24N2O. The Balaban J connectivity index is 1.58. The van der Waals surface area contributed by atoms with Gasteiger partial charge in [-0.2, -0.15) is 0 Å². The SMILES string of the molecule is N[C@H]1CN(Cc2ccccc2)C[C@@H]1[C@H]1CCCCO1. The minimum atomic E-state index is 0.270. The van der Waals surface area contributed by atoms with Crippen molar-refractivity contribution in [2.24, 2.45) is 11.7 Å². The average Bonchev–Trinajstić information content (AvgIpc) is 2.82. The monoisotopic (exact) mass is 260 g/mol. The molecule has 2 fully saturated rings. The van der Waals surface area contributed by atoms with E-state index in [1.54, 1.807) is 0 Å². The van der Waals surface area contributed by atoms with Crippen LogP contribution in [0.2, 0.25) is 0 Å². The largest absolute Gasteiger partial charge is 0.378 e. The molecule has 3 atom stereocenters. The fraction of sp³-hybridized carbons (Fsp3) is 0.625. The van der Waals surface area contributed by atoms with Crippen LogP contribution in [-0.4, -0.2) is 36.7 Å². The smallest absolute Gasteiger partial charge is 0.0630 e. The third-order valence-corrected chi connectivity index (χ3v) is 4.43. The summed E-state index contributed by atoms with van der Waals surface area (Å²) in [6.45, 7) is 4.02. The lowest BCUT2D eigenvalue weighted by molar-refractivity contribution is -0.0214. The number of ether oxygens (including phenoxy) is 1. The van der Waals surface area contributed by atoms with Crippen molar-refractivity contribution < 1.29 is 4.74 Å². The van der Waals surface area contributed by atoms with Gasteiger partial charge in [-0.1, -0.05) is 30.3 Å². The van der Waals surface area contributed by atoms with Crippen LogP contribution in [0.3, 0.4) is 0 Å². The Hall–Kier alpha value is -0.900. The van der Waals surface area contributed by atoms with Gasteiger partial charge in [-0.3, -0.25) is 4.90 Å². The van der Waals surface area contributed by atoms with Crippen LogP contribution in [0.15, 0.2) is 30.3 Å². The Kier molecular flexibility index (Phi) is 4.16. The fourth-order valence-electron chi connectivity index (χ4n) is 3.41. The van der Waals surface area contributed by atoms with Gasteiger partial charge in [0, 0.05) is 38.2 Å². The molecular weight excluding hydrogens is 236 g/mol. The second-order valence-electron chi connectivity index (χ2n) is 5.91. The lowest BCUT2D eigenvalue weighted by Gasteiger charge is -2.29. The van der Waals surface area contributed by atoms with E-state index < -0.39 is 0 Å². The van der Waals surface area contributed by atoms with Gasteiger partial charge >= 0.3 is 0 Å². The van der Waals surface area contributed by atoms with Gasteiger partial charge in [0.2, 0.25) is 0 Å². The Morgan fingerprint density at radius 1 is 1.16 bits per heavy atom. The lowest BCUT2D eigenvalue weighted by atomic mass is 9.92. The van der Waals surface area contributed by atoms with Crippen molar-refractivity contribution in [3.63, 3.8) is 0 Å². The predicted octanol–water partition coefficient (Wildman–Crippen LogP) is 2.01. The molecule has 0 saturated carbocycles. The normalized spacial score (nSPS) is 32.6. The number of nitrogens with zero attached hydrogens (tertiary/aromatic N) is 1. The van der Waals surface area contributed by atoms with Crippen molar-refractivity contribution >= 4 is 0 Å². The van der Waals surface area contributed by atoms with E-state index in [2.05, 4.69) is 35.2 Å². The molecule has 0 spiro atoms. The summed E-state index contributed by atoms with van der Waals surface area (Å²) >= 11 is 0. The van der Waals surface area contributed by atoms with E-state index in [-0.39, 0.29) is 6.04 Å². The highest BCUT2D eigenvalue weighted by Gasteiger charge is 2.36. The van der Waals surface area contributed by atoms with Crippen LogP contribution in [0.25, 0.3) is 0 Å². The fourth-order valence-corrected chi connectivity index (χ4v) is 3.41. The maximum Gasteiger partial charge on any atom is 0.0630 e. The summed E-state index contributed by atoms with van der Waals surface area (Å²) in [5, 5.41) is 0. The van der Waals surface area contributed by atoms with E-state index in [4.69, 9.17) is 10.5 Å². The number of likely N-dealkylation sites (tertiary alicyclic amines) is 1. The molecule has 2 aliphatic heterocycles. The molecule has 0 radical (unpaired) electrons. The zero-order valence-corrected chi connectivity index (χ0v) is 11.5. The summed E-state index contributed by atoms with van der Waals surface area (Å²) in [6.07, 6.45) is 4.10.